The third kappa shape index (κ3) is 5.16. The summed E-state index contributed by atoms with van der Waals surface area (Å²) in [5, 5.41) is 17.9. The van der Waals surface area contributed by atoms with Gasteiger partial charge in [-0.25, -0.2) is 4.99 Å². The van der Waals surface area contributed by atoms with Crippen molar-refractivity contribution >= 4 is 29.2 Å². The highest BCUT2D eigenvalue weighted by molar-refractivity contribution is 6.35. The zero-order valence-electron chi connectivity index (χ0n) is 13.6. The highest BCUT2D eigenvalue weighted by atomic mass is 35.5. The van der Waals surface area contributed by atoms with Crippen LogP contribution >= 0.6 is 23.2 Å². The van der Waals surface area contributed by atoms with Gasteiger partial charge in [0, 0.05) is 16.6 Å². The lowest BCUT2D eigenvalue weighted by Gasteiger charge is -2.22. The number of benzene rings is 1. The van der Waals surface area contributed by atoms with Gasteiger partial charge in [-0.1, -0.05) is 29.3 Å². The summed E-state index contributed by atoms with van der Waals surface area (Å²) in [5.41, 5.74) is -0.270. The van der Waals surface area contributed by atoms with Gasteiger partial charge in [-0.2, -0.15) is 0 Å². The topological polar surface area (TPSA) is 69.8 Å². The number of aliphatic imine (C=N–C) groups is 1. The van der Waals surface area contributed by atoms with E-state index < -0.39 is 5.60 Å². The summed E-state index contributed by atoms with van der Waals surface area (Å²) in [5.74, 6) is 1.07. The molecule has 1 heterocycles. The van der Waals surface area contributed by atoms with Gasteiger partial charge in [0.1, 0.15) is 11.4 Å². The van der Waals surface area contributed by atoms with Gasteiger partial charge in [-0.15, -0.1) is 0 Å². The highest BCUT2D eigenvalue weighted by Crippen LogP contribution is 2.22. The largest absolute Gasteiger partial charge is 0.466 e. The molecule has 0 bridgehead atoms. The van der Waals surface area contributed by atoms with Gasteiger partial charge in [-0.05, 0) is 43.7 Å². The third-order valence-corrected chi connectivity index (χ3v) is 4.01. The number of nitrogens with one attached hydrogen (secondary N) is 2. The first-order valence-electron chi connectivity index (χ1n) is 7.65. The Hall–Kier alpha value is -1.69. The number of guanidine groups is 1. The summed E-state index contributed by atoms with van der Waals surface area (Å²) in [4.78, 5) is 4.48. The first-order valence-corrected chi connectivity index (χ1v) is 8.40. The van der Waals surface area contributed by atoms with Crippen molar-refractivity contribution in [3.05, 3.63) is 58.0 Å². The molecule has 0 radical (unpaired) electrons. The lowest BCUT2D eigenvalue weighted by atomic mass is 10.0. The molecular weight excluding hydrogens is 349 g/mol. The second-order valence-corrected chi connectivity index (χ2v) is 6.38. The Morgan fingerprint density at radius 2 is 2.08 bits per heavy atom. The van der Waals surface area contributed by atoms with Gasteiger partial charge in [0.25, 0.3) is 0 Å². The van der Waals surface area contributed by atoms with Gasteiger partial charge >= 0.3 is 0 Å². The lowest BCUT2D eigenvalue weighted by Crippen LogP contribution is -2.44. The van der Waals surface area contributed by atoms with Crippen molar-refractivity contribution in [1.29, 1.82) is 0 Å². The molecule has 1 unspecified atom stereocenters. The van der Waals surface area contributed by atoms with Crippen molar-refractivity contribution in [3.8, 4) is 0 Å². The third-order valence-electron chi connectivity index (χ3n) is 3.42. The summed E-state index contributed by atoms with van der Waals surface area (Å²) < 4.78 is 5.27. The first-order chi connectivity index (χ1) is 11.4. The number of halogens is 2. The number of hydrogen-bond acceptors (Lipinski definition) is 3. The van der Waals surface area contributed by atoms with E-state index in [2.05, 4.69) is 15.6 Å². The molecule has 1 aromatic carbocycles. The average Bonchev–Trinajstić information content (AvgIpc) is 3.07. The summed E-state index contributed by atoms with van der Waals surface area (Å²) in [6.07, 6.45) is 1.53. The normalized spacial score (nSPS) is 14.3. The Bertz CT molecular complexity index is 685. The predicted molar refractivity (Wildman–Crippen MR) is 97.6 cm³/mol. The van der Waals surface area contributed by atoms with Crippen molar-refractivity contribution in [2.24, 2.45) is 4.99 Å². The Balaban J connectivity index is 2.03. The summed E-state index contributed by atoms with van der Waals surface area (Å²) in [7, 11) is 0. The maximum Gasteiger partial charge on any atom is 0.191 e. The van der Waals surface area contributed by atoms with E-state index in [4.69, 9.17) is 27.6 Å². The molecule has 24 heavy (non-hydrogen) atoms. The maximum atomic E-state index is 10.5. The average molecular weight is 370 g/mol. The minimum atomic E-state index is -1.14. The van der Waals surface area contributed by atoms with E-state index >= 15 is 0 Å². The van der Waals surface area contributed by atoms with Gasteiger partial charge in [0.2, 0.25) is 0 Å². The van der Waals surface area contributed by atoms with Crippen LogP contribution in [0.2, 0.25) is 10.0 Å². The van der Waals surface area contributed by atoms with Crippen LogP contribution in [-0.4, -0.2) is 24.2 Å². The molecule has 0 saturated heterocycles. The Morgan fingerprint density at radius 3 is 2.71 bits per heavy atom. The second kappa shape index (κ2) is 8.42. The first kappa shape index (κ1) is 18.6. The van der Waals surface area contributed by atoms with E-state index in [1.165, 1.54) is 6.26 Å². The number of aliphatic hydroxyl groups is 1. The number of furan rings is 1. The molecule has 1 atom stereocenters. The predicted octanol–water partition coefficient (Wildman–Crippen LogP) is 3.55. The molecule has 0 aliphatic carbocycles. The van der Waals surface area contributed by atoms with E-state index in [1.807, 2.05) is 13.0 Å². The molecule has 7 heteroatoms. The fourth-order valence-corrected chi connectivity index (χ4v) is 2.55. The second-order valence-electron chi connectivity index (χ2n) is 5.54. The smallest absolute Gasteiger partial charge is 0.191 e. The van der Waals surface area contributed by atoms with Gasteiger partial charge in [-0.3, -0.25) is 0 Å². The zero-order valence-corrected chi connectivity index (χ0v) is 15.2. The van der Waals surface area contributed by atoms with Crippen LogP contribution in [0.5, 0.6) is 0 Å². The molecule has 2 rings (SSSR count). The molecule has 0 saturated carbocycles. The highest BCUT2D eigenvalue weighted by Gasteiger charge is 2.26. The summed E-state index contributed by atoms with van der Waals surface area (Å²) in [6, 6.07) is 8.79. The van der Waals surface area contributed by atoms with Crippen LogP contribution in [0.25, 0.3) is 0 Å². The Labute approximate surface area is 151 Å². The van der Waals surface area contributed by atoms with Gasteiger partial charge in [0.15, 0.2) is 5.96 Å². The molecular formula is C17H21Cl2N3O2. The minimum Gasteiger partial charge on any atom is -0.466 e. The molecule has 0 fully saturated rings. The molecule has 0 amide bonds. The standard InChI is InChI=1S/C17H21Cl2N3O2/c1-3-20-16(21-10-12-6-7-13(18)9-14(12)19)22-11-17(2,23)15-5-4-8-24-15/h4-9,23H,3,10-11H2,1-2H3,(H2,20,21,22). The van der Waals surface area contributed by atoms with Crippen molar-refractivity contribution in [1.82, 2.24) is 10.6 Å². The molecule has 2 aromatic rings. The Kier molecular flexibility index (Phi) is 6.54. The van der Waals surface area contributed by atoms with Gasteiger partial charge < -0.3 is 20.2 Å². The Morgan fingerprint density at radius 1 is 1.29 bits per heavy atom. The fraction of sp³-hybridized carbons (Fsp3) is 0.353. The summed E-state index contributed by atoms with van der Waals surface area (Å²) in [6.45, 7) is 4.99. The molecule has 0 spiro atoms. The van der Waals surface area contributed by atoms with E-state index in [0.717, 1.165) is 5.56 Å². The van der Waals surface area contributed by atoms with Gasteiger partial charge in [0.05, 0.1) is 19.4 Å². The monoisotopic (exact) mass is 369 g/mol. The maximum absolute atomic E-state index is 10.5. The van der Waals surface area contributed by atoms with E-state index in [9.17, 15) is 5.11 Å². The number of nitrogens with zero attached hydrogens (tertiary/aromatic N) is 1. The van der Waals surface area contributed by atoms with Crippen LogP contribution in [0.3, 0.4) is 0 Å². The van der Waals surface area contributed by atoms with Crippen LogP contribution in [-0.2, 0) is 12.1 Å². The fourth-order valence-electron chi connectivity index (χ4n) is 2.08. The van der Waals surface area contributed by atoms with Crippen LogP contribution in [0.15, 0.2) is 46.0 Å². The van der Waals surface area contributed by atoms with Crippen LogP contribution in [0, 0.1) is 0 Å². The SMILES string of the molecule is CCNC(=NCc1ccc(Cl)cc1Cl)NCC(C)(O)c1ccco1. The van der Waals surface area contributed by atoms with E-state index in [1.54, 1.807) is 31.2 Å². The molecule has 130 valence electrons. The molecule has 0 aliphatic heterocycles. The van der Waals surface area contributed by atoms with Crippen LogP contribution in [0.4, 0.5) is 0 Å². The summed E-state index contributed by atoms with van der Waals surface area (Å²) >= 11 is 12.1. The van der Waals surface area contributed by atoms with Crippen molar-refractivity contribution < 1.29 is 9.52 Å². The van der Waals surface area contributed by atoms with Crippen LogP contribution < -0.4 is 10.6 Å². The lowest BCUT2D eigenvalue weighted by molar-refractivity contribution is 0.0386. The quantitative estimate of drug-likeness (QED) is 0.537. The van der Waals surface area contributed by atoms with Crippen molar-refractivity contribution in [2.45, 2.75) is 26.0 Å². The van der Waals surface area contributed by atoms with Crippen molar-refractivity contribution in [3.63, 3.8) is 0 Å². The number of rotatable bonds is 6. The van der Waals surface area contributed by atoms with Crippen molar-refractivity contribution in [2.75, 3.05) is 13.1 Å². The van der Waals surface area contributed by atoms with E-state index in [-0.39, 0.29) is 6.54 Å². The molecule has 3 N–H and O–H groups in total. The minimum absolute atomic E-state index is 0.251. The van der Waals surface area contributed by atoms with Crippen LogP contribution in [0.1, 0.15) is 25.2 Å². The molecule has 1 aromatic heterocycles. The van der Waals surface area contributed by atoms with E-state index in [0.29, 0.717) is 34.9 Å². The molecule has 0 aliphatic rings. The number of hydrogen-bond donors (Lipinski definition) is 3. The molecule has 5 nitrogen and oxygen atoms in total. The zero-order chi connectivity index (χ0) is 17.6.